The highest BCUT2D eigenvalue weighted by Crippen LogP contribution is 2.12. The van der Waals surface area contributed by atoms with E-state index in [2.05, 4.69) is 6.07 Å². The van der Waals surface area contributed by atoms with Crippen molar-refractivity contribution in [2.24, 2.45) is 0 Å². The zero-order valence-electron chi connectivity index (χ0n) is 6.70. The van der Waals surface area contributed by atoms with Gasteiger partial charge in [-0.3, -0.25) is 0 Å². The Morgan fingerprint density at radius 3 is 3.00 bits per heavy atom. The second-order valence-corrected chi connectivity index (χ2v) is 2.20. The van der Waals surface area contributed by atoms with Crippen molar-refractivity contribution in [3.8, 4) is 5.75 Å². The molecule has 0 aliphatic carbocycles. The maximum Gasteiger partial charge on any atom is 0.335 e. The van der Waals surface area contributed by atoms with Crippen molar-refractivity contribution in [2.45, 2.75) is 6.92 Å². The van der Waals surface area contributed by atoms with E-state index in [1.807, 2.05) is 6.92 Å². The average Bonchev–Trinajstić information content (AvgIpc) is 2.05. The highest BCUT2D eigenvalue weighted by Gasteiger charge is 2.02. The quantitative estimate of drug-likeness (QED) is 0.739. The predicted octanol–water partition coefficient (Wildman–Crippen LogP) is 1.58. The Hall–Kier alpha value is -1.51. The Morgan fingerprint density at radius 1 is 1.67 bits per heavy atom. The molecule has 0 fully saturated rings. The zero-order chi connectivity index (χ0) is 8.97. The molecule has 1 N–H and O–H groups in total. The molecule has 1 radical (unpaired) electrons. The molecule has 0 heterocycles. The Balaban J connectivity index is 2.88. The van der Waals surface area contributed by atoms with Gasteiger partial charge >= 0.3 is 5.97 Å². The van der Waals surface area contributed by atoms with Crippen LogP contribution in [0.5, 0.6) is 5.75 Å². The van der Waals surface area contributed by atoms with Crippen LogP contribution in [0.15, 0.2) is 18.2 Å². The number of carbonyl (C=O) groups is 1. The molecule has 1 aromatic carbocycles. The highest BCUT2D eigenvalue weighted by atomic mass is 16.5. The van der Waals surface area contributed by atoms with Crippen LogP contribution in [-0.4, -0.2) is 17.7 Å². The van der Waals surface area contributed by atoms with Crippen LogP contribution in [0.4, 0.5) is 0 Å². The van der Waals surface area contributed by atoms with Crippen LogP contribution in [0, 0.1) is 6.07 Å². The van der Waals surface area contributed by atoms with E-state index in [0.29, 0.717) is 12.4 Å². The molecule has 0 aliphatic rings. The Kier molecular flexibility index (Phi) is 2.69. The smallest absolute Gasteiger partial charge is 0.335 e. The summed E-state index contributed by atoms with van der Waals surface area (Å²) in [4.78, 5) is 10.5. The summed E-state index contributed by atoms with van der Waals surface area (Å²) in [5.74, 6) is -0.426. The molecule has 0 atom stereocenters. The molecular formula is C9H9O3. The molecule has 63 valence electrons. The SMILES string of the molecule is CCOc1c[c]cc(C(=O)O)c1. The Labute approximate surface area is 70.6 Å². The minimum Gasteiger partial charge on any atom is -0.494 e. The summed E-state index contributed by atoms with van der Waals surface area (Å²) < 4.78 is 5.10. The summed E-state index contributed by atoms with van der Waals surface area (Å²) >= 11 is 0. The van der Waals surface area contributed by atoms with Crippen LogP contribution in [0.2, 0.25) is 0 Å². The van der Waals surface area contributed by atoms with E-state index in [4.69, 9.17) is 9.84 Å². The van der Waals surface area contributed by atoms with Gasteiger partial charge in [0.2, 0.25) is 0 Å². The molecule has 3 nitrogen and oxygen atoms in total. The lowest BCUT2D eigenvalue weighted by atomic mass is 10.2. The van der Waals surface area contributed by atoms with Gasteiger partial charge in [-0.15, -0.1) is 0 Å². The zero-order valence-corrected chi connectivity index (χ0v) is 6.70. The molecule has 0 amide bonds. The van der Waals surface area contributed by atoms with Crippen LogP contribution in [0.25, 0.3) is 0 Å². The van der Waals surface area contributed by atoms with Crippen molar-refractivity contribution in [1.29, 1.82) is 0 Å². The maximum atomic E-state index is 10.5. The molecule has 0 spiro atoms. The third kappa shape index (κ3) is 1.99. The normalized spacial score (nSPS) is 9.42. The van der Waals surface area contributed by atoms with Crippen LogP contribution in [0.3, 0.4) is 0 Å². The number of hydrogen-bond acceptors (Lipinski definition) is 2. The minimum atomic E-state index is -0.965. The molecule has 1 aromatic rings. The van der Waals surface area contributed by atoms with E-state index in [9.17, 15) is 4.79 Å². The molecular weight excluding hydrogens is 156 g/mol. The van der Waals surface area contributed by atoms with E-state index in [1.165, 1.54) is 12.1 Å². The fourth-order valence-electron chi connectivity index (χ4n) is 0.824. The second-order valence-electron chi connectivity index (χ2n) is 2.20. The van der Waals surface area contributed by atoms with Gasteiger partial charge in [-0.25, -0.2) is 4.79 Å². The van der Waals surface area contributed by atoms with Gasteiger partial charge in [-0.2, -0.15) is 0 Å². The van der Waals surface area contributed by atoms with Crippen LogP contribution in [0.1, 0.15) is 17.3 Å². The topological polar surface area (TPSA) is 46.5 Å². The lowest BCUT2D eigenvalue weighted by Gasteiger charge is -2.02. The Bertz CT molecular complexity index is 281. The van der Waals surface area contributed by atoms with Crippen molar-refractivity contribution >= 4 is 5.97 Å². The van der Waals surface area contributed by atoms with Gasteiger partial charge < -0.3 is 9.84 Å². The lowest BCUT2D eigenvalue weighted by Crippen LogP contribution is -1.97. The number of carboxylic acid groups (broad SMARTS) is 1. The van der Waals surface area contributed by atoms with Crippen LogP contribution in [-0.2, 0) is 0 Å². The summed E-state index contributed by atoms with van der Waals surface area (Å²) in [5, 5.41) is 8.60. The van der Waals surface area contributed by atoms with Crippen molar-refractivity contribution in [2.75, 3.05) is 6.61 Å². The highest BCUT2D eigenvalue weighted by molar-refractivity contribution is 5.87. The van der Waals surface area contributed by atoms with Crippen molar-refractivity contribution in [3.05, 3.63) is 29.8 Å². The van der Waals surface area contributed by atoms with E-state index < -0.39 is 5.97 Å². The van der Waals surface area contributed by atoms with Crippen molar-refractivity contribution in [1.82, 2.24) is 0 Å². The van der Waals surface area contributed by atoms with Crippen molar-refractivity contribution in [3.63, 3.8) is 0 Å². The summed E-state index contributed by atoms with van der Waals surface area (Å²) in [6.07, 6.45) is 0. The summed E-state index contributed by atoms with van der Waals surface area (Å²) in [5.41, 5.74) is 0.195. The molecule has 1 rings (SSSR count). The molecule has 0 aromatic heterocycles. The van der Waals surface area contributed by atoms with Crippen LogP contribution < -0.4 is 4.74 Å². The summed E-state index contributed by atoms with van der Waals surface area (Å²) in [6.45, 7) is 2.37. The number of carboxylic acids is 1. The molecule has 12 heavy (non-hydrogen) atoms. The van der Waals surface area contributed by atoms with Gasteiger partial charge in [0.25, 0.3) is 0 Å². The van der Waals surface area contributed by atoms with Gasteiger partial charge in [0.1, 0.15) is 5.75 Å². The largest absolute Gasteiger partial charge is 0.494 e. The molecule has 0 aliphatic heterocycles. The number of hydrogen-bond donors (Lipinski definition) is 1. The first-order valence-corrected chi connectivity index (χ1v) is 3.61. The van der Waals surface area contributed by atoms with E-state index in [-0.39, 0.29) is 5.56 Å². The summed E-state index contributed by atoms with van der Waals surface area (Å²) in [6, 6.07) is 7.18. The molecule has 0 bridgehead atoms. The van der Waals surface area contributed by atoms with Gasteiger partial charge in [0.05, 0.1) is 12.2 Å². The van der Waals surface area contributed by atoms with Crippen molar-refractivity contribution < 1.29 is 14.6 Å². The first-order valence-electron chi connectivity index (χ1n) is 3.61. The summed E-state index contributed by atoms with van der Waals surface area (Å²) in [7, 11) is 0. The van der Waals surface area contributed by atoms with Gasteiger partial charge in [-0.1, -0.05) is 0 Å². The van der Waals surface area contributed by atoms with Gasteiger partial charge in [0, 0.05) is 0 Å². The monoisotopic (exact) mass is 165 g/mol. The second kappa shape index (κ2) is 3.76. The standard InChI is InChI=1S/C9H9O3/c1-2-12-8-5-3-4-7(6-8)9(10)11/h4-6H,2H2,1H3,(H,10,11). The van der Waals surface area contributed by atoms with Gasteiger partial charge in [0.15, 0.2) is 0 Å². The predicted molar refractivity (Wildman–Crippen MR) is 43.4 cm³/mol. The number of ether oxygens (including phenoxy) is 1. The van der Waals surface area contributed by atoms with E-state index >= 15 is 0 Å². The molecule has 0 saturated carbocycles. The molecule has 3 heteroatoms. The van der Waals surface area contributed by atoms with E-state index in [0.717, 1.165) is 0 Å². The number of rotatable bonds is 3. The average molecular weight is 165 g/mol. The minimum absolute atomic E-state index is 0.195. The molecule has 0 saturated heterocycles. The maximum absolute atomic E-state index is 10.5. The van der Waals surface area contributed by atoms with Gasteiger partial charge in [-0.05, 0) is 31.2 Å². The fraction of sp³-hybridized carbons (Fsp3) is 0.222. The Morgan fingerprint density at radius 2 is 2.42 bits per heavy atom. The van der Waals surface area contributed by atoms with E-state index in [1.54, 1.807) is 6.07 Å². The fourth-order valence-corrected chi connectivity index (χ4v) is 0.824. The number of benzene rings is 1. The first kappa shape index (κ1) is 8.59. The van der Waals surface area contributed by atoms with Crippen LogP contribution >= 0.6 is 0 Å². The third-order valence-corrected chi connectivity index (χ3v) is 1.32. The number of aromatic carboxylic acids is 1. The molecule has 0 unspecified atom stereocenters. The first-order chi connectivity index (χ1) is 5.74. The lowest BCUT2D eigenvalue weighted by molar-refractivity contribution is 0.0696. The third-order valence-electron chi connectivity index (χ3n) is 1.32.